The maximum Gasteiger partial charge on any atom is 0.393 e. The summed E-state index contributed by atoms with van der Waals surface area (Å²) in [5.41, 5.74) is 5.62. The average Bonchev–Trinajstić information content (AvgIpc) is 2.81. The first-order valence-electron chi connectivity index (χ1n) is 6.20. The van der Waals surface area contributed by atoms with Crippen molar-refractivity contribution < 1.29 is 14.6 Å². The Morgan fingerprint density at radius 3 is 2.64 bits per heavy atom. The summed E-state index contributed by atoms with van der Waals surface area (Å²) in [5.74, 6) is -1.07. The van der Waals surface area contributed by atoms with Gasteiger partial charge in [0, 0.05) is 12.6 Å². The third kappa shape index (κ3) is 2.92. The van der Waals surface area contributed by atoms with Gasteiger partial charge in [-0.15, -0.1) is 0 Å². The summed E-state index contributed by atoms with van der Waals surface area (Å²) in [6.07, 6.45) is 0. The highest BCUT2D eigenvalue weighted by atomic mass is 16.7. The fourth-order valence-corrected chi connectivity index (χ4v) is 1.75. The first kappa shape index (κ1) is 15.2. The molecule has 0 bridgehead atoms. The molecule has 1 aromatic carbocycles. The van der Waals surface area contributed by atoms with Gasteiger partial charge in [-0.3, -0.25) is 14.8 Å². The third-order valence-electron chi connectivity index (χ3n) is 2.97. The Morgan fingerprint density at radius 1 is 1.41 bits per heavy atom. The molecule has 0 amide bonds. The average molecular weight is 303 g/mol. The molecular weight excluding hydrogens is 290 g/mol. The van der Waals surface area contributed by atoms with Crippen LogP contribution in [0.4, 0.5) is 5.69 Å². The van der Waals surface area contributed by atoms with Gasteiger partial charge < -0.3 is 10.6 Å². The number of amidine groups is 1. The second-order valence-electron chi connectivity index (χ2n) is 4.38. The van der Waals surface area contributed by atoms with Crippen LogP contribution in [0.3, 0.4) is 0 Å². The lowest BCUT2D eigenvalue weighted by Crippen LogP contribution is -2.15. The van der Waals surface area contributed by atoms with Crippen molar-refractivity contribution in [3.63, 3.8) is 0 Å². The Hall–Kier alpha value is -3.23. The van der Waals surface area contributed by atoms with Gasteiger partial charge in [-0.1, -0.05) is 35.5 Å². The fourth-order valence-electron chi connectivity index (χ4n) is 1.75. The molecule has 9 nitrogen and oxygen atoms in total. The quantitative estimate of drug-likeness (QED) is 0.296. The molecule has 0 radical (unpaired) electrons. The van der Waals surface area contributed by atoms with E-state index in [1.165, 1.54) is 18.7 Å². The molecule has 114 valence electrons. The highest BCUT2D eigenvalue weighted by Crippen LogP contribution is 2.22. The smallest absolute Gasteiger partial charge is 0.380 e. The van der Waals surface area contributed by atoms with E-state index in [1.807, 2.05) is 0 Å². The largest absolute Gasteiger partial charge is 0.393 e. The molecule has 0 atom stereocenters. The number of carbonyl (C=O) groups excluding carboxylic acids is 1. The van der Waals surface area contributed by atoms with E-state index in [-0.39, 0.29) is 11.5 Å². The molecule has 0 saturated heterocycles. The van der Waals surface area contributed by atoms with Crippen molar-refractivity contribution in [2.75, 3.05) is 0 Å². The van der Waals surface area contributed by atoms with Crippen LogP contribution in [-0.2, 0) is 11.9 Å². The molecule has 0 fully saturated rings. The number of nitrogens with zero attached hydrogens (tertiary/aromatic N) is 4. The van der Waals surface area contributed by atoms with Crippen molar-refractivity contribution in [2.45, 2.75) is 6.92 Å². The maximum absolute atomic E-state index is 11.9. The van der Waals surface area contributed by atoms with Gasteiger partial charge in [-0.25, -0.2) is 4.79 Å². The van der Waals surface area contributed by atoms with Crippen LogP contribution in [0.15, 0.2) is 35.5 Å². The topological polar surface area (TPSA) is 126 Å². The minimum atomic E-state index is -1.05. The number of rotatable bonds is 4. The van der Waals surface area contributed by atoms with Gasteiger partial charge >= 0.3 is 11.7 Å². The van der Waals surface area contributed by atoms with Gasteiger partial charge in [0.05, 0.1) is 4.92 Å². The van der Waals surface area contributed by atoms with E-state index >= 15 is 0 Å². The lowest BCUT2D eigenvalue weighted by molar-refractivity contribution is -0.385. The SMILES string of the molecule is Cc1c([N+](=O)[O-])c(C(=O)O/N=C(\N)c2ccccc2)nn1C. The van der Waals surface area contributed by atoms with Crippen LogP contribution >= 0.6 is 0 Å². The molecule has 0 aliphatic heterocycles. The van der Waals surface area contributed by atoms with Gasteiger partial charge in [0.1, 0.15) is 5.69 Å². The lowest BCUT2D eigenvalue weighted by Gasteiger charge is -1.99. The molecule has 2 aromatic rings. The molecule has 9 heteroatoms. The molecule has 0 aliphatic rings. The molecular formula is C13H13N5O4. The van der Waals surface area contributed by atoms with Crippen molar-refractivity contribution in [2.24, 2.45) is 17.9 Å². The zero-order valence-electron chi connectivity index (χ0n) is 11.9. The Balaban J connectivity index is 2.24. The molecule has 2 rings (SSSR count). The van der Waals surface area contributed by atoms with E-state index in [2.05, 4.69) is 15.1 Å². The van der Waals surface area contributed by atoms with Crippen molar-refractivity contribution in [3.8, 4) is 0 Å². The van der Waals surface area contributed by atoms with Crippen LogP contribution < -0.4 is 5.73 Å². The summed E-state index contributed by atoms with van der Waals surface area (Å²) in [5, 5.41) is 18.3. The summed E-state index contributed by atoms with van der Waals surface area (Å²) in [7, 11) is 1.49. The molecule has 1 heterocycles. The maximum atomic E-state index is 11.9. The Bertz CT molecular complexity index is 751. The number of oxime groups is 1. The summed E-state index contributed by atoms with van der Waals surface area (Å²) in [6.45, 7) is 1.48. The van der Waals surface area contributed by atoms with Crippen molar-refractivity contribution in [1.82, 2.24) is 9.78 Å². The van der Waals surface area contributed by atoms with E-state index < -0.39 is 22.3 Å². The lowest BCUT2D eigenvalue weighted by atomic mass is 10.2. The predicted molar refractivity (Wildman–Crippen MR) is 77.2 cm³/mol. The molecule has 1 aromatic heterocycles. The Labute approximate surface area is 125 Å². The van der Waals surface area contributed by atoms with E-state index in [4.69, 9.17) is 5.73 Å². The number of carbonyl (C=O) groups is 1. The Kier molecular flexibility index (Phi) is 4.16. The Morgan fingerprint density at radius 2 is 2.05 bits per heavy atom. The van der Waals surface area contributed by atoms with Gasteiger partial charge in [0.15, 0.2) is 5.84 Å². The fraction of sp³-hybridized carbons (Fsp3) is 0.154. The normalized spacial score (nSPS) is 11.3. The number of hydrogen-bond acceptors (Lipinski definition) is 6. The zero-order valence-corrected chi connectivity index (χ0v) is 11.9. The standard InChI is InChI=1S/C13H13N5O4/c1-8-11(18(20)21)10(15-17(8)2)13(19)22-16-12(14)9-6-4-3-5-7-9/h3-7H,1-2H3,(H2,14,16). The van der Waals surface area contributed by atoms with Crippen LogP contribution in [0.2, 0.25) is 0 Å². The number of aromatic nitrogens is 2. The molecule has 22 heavy (non-hydrogen) atoms. The van der Waals surface area contributed by atoms with Gasteiger partial charge in [-0.05, 0) is 6.92 Å². The summed E-state index contributed by atoms with van der Waals surface area (Å²) >= 11 is 0. The number of aryl methyl sites for hydroxylation is 1. The van der Waals surface area contributed by atoms with Crippen LogP contribution in [0.25, 0.3) is 0 Å². The van der Waals surface area contributed by atoms with Gasteiger partial charge in [0.25, 0.3) is 0 Å². The zero-order chi connectivity index (χ0) is 16.3. The van der Waals surface area contributed by atoms with Crippen molar-refractivity contribution in [1.29, 1.82) is 0 Å². The van der Waals surface area contributed by atoms with Crippen LogP contribution in [0.1, 0.15) is 21.7 Å². The van der Waals surface area contributed by atoms with Crippen molar-refractivity contribution >= 4 is 17.5 Å². The molecule has 0 spiro atoms. The van der Waals surface area contributed by atoms with Gasteiger partial charge in [0.2, 0.25) is 5.69 Å². The van der Waals surface area contributed by atoms with E-state index in [1.54, 1.807) is 30.3 Å². The van der Waals surface area contributed by atoms with Crippen LogP contribution in [0, 0.1) is 17.0 Å². The number of nitro groups is 1. The van der Waals surface area contributed by atoms with Crippen LogP contribution in [0.5, 0.6) is 0 Å². The predicted octanol–water partition coefficient (Wildman–Crippen LogP) is 1.11. The van der Waals surface area contributed by atoms with Crippen molar-refractivity contribution in [3.05, 3.63) is 57.4 Å². The highest BCUT2D eigenvalue weighted by Gasteiger charge is 2.30. The van der Waals surface area contributed by atoms with E-state index in [9.17, 15) is 14.9 Å². The summed E-state index contributed by atoms with van der Waals surface area (Å²) in [6, 6.07) is 8.64. The van der Waals surface area contributed by atoms with E-state index in [0.717, 1.165) is 0 Å². The minimum absolute atomic E-state index is 0.0238. The van der Waals surface area contributed by atoms with Crippen LogP contribution in [-0.4, -0.2) is 26.5 Å². The monoisotopic (exact) mass is 303 g/mol. The number of benzene rings is 1. The number of hydrogen-bond donors (Lipinski definition) is 1. The minimum Gasteiger partial charge on any atom is -0.380 e. The van der Waals surface area contributed by atoms with E-state index in [0.29, 0.717) is 5.56 Å². The van der Waals surface area contributed by atoms with Gasteiger partial charge in [-0.2, -0.15) is 5.10 Å². The molecule has 0 saturated carbocycles. The second kappa shape index (κ2) is 6.04. The molecule has 0 unspecified atom stereocenters. The summed E-state index contributed by atoms with van der Waals surface area (Å²) in [4.78, 5) is 26.9. The molecule has 0 aliphatic carbocycles. The third-order valence-corrected chi connectivity index (χ3v) is 2.97. The molecule has 2 N–H and O–H groups in total. The first-order chi connectivity index (χ1) is 10.4. The highest BCUT2D eigenvalue weighted by molar-refractivity contribution is 5.98. The first-order valence-corrected chi connectivity index (χ1v) is 6.20. The second-order valence-corrected chi connectivity index (χ2v) is 4.38. The number of nitrogens with two attached hydrogens (primary N) is 1. The summed E-state index contributed by atoms with van der Waals surface area (Å²) < 4.78 is 1.22.